The van der Waals surface area contributed by atoms with Gasteiger partial charge in [0.05, 0.1) is 10.4 Å². The second kappa shape index (κ2) is 5.23. The molecule has 1 saturated carbocycles. The molecular formula is C17H14Cl2O. The molecule has 3 heteroatoms. The van der Waals surface area contributed by atoms with Crippen molar-refractivity contribution < 1.29 is 4.79 Å². The first-order valence-corrected chi connectivity index (χ1v) is 7.44. The Hall–Kier alpha value is -1.31. The zero-order valence-electron chi connectivity index (χ0n) is 10.9. The first-order valence-electron chi connectivity index (χ1n) is 6.69. The van der Waals surface area contributed by atoms with Crippen LogP contribution >= 0.6 is 23.2 Å². The van der Waals surface area contributed by atoms with Gasteiger partial charge < -0.3 is 0 Å². The summed E-state index contributed by atoms with van der Waals surface area (Å²) in [5.41, 5.74) is 1.19. The van der Waals surface area contributed by atoms with Gasteiger partial charge in [-0.25, -0.2) is 0 Å². The number of hydrogen-bond acceptors (Lipinski definition) is 1. The highest BCUT2D eigenvalue weighted by atomic mass is 35.5. The summed E-state index contributed by atoms with van der Waals surface area (Å²) >= 11 is 12.2. The van der Waals surface area contributed by atoms with Gasteiger partial charge in [-0.15, -0.1) is 0 Å². The highest BCUT2D eigenvalue weighted by molar-refractivity contribution is 6.36. The second-order valence-corrected chi connectivity index (χ2v) is 6.10. The standard InChI is InChI=1S/C17H14Cl2O/c18-13-7-8-15(19)14(11-13)16(20)17(9-4-10-17)12-5-2-1-3-6-12/h1-3,5-8,11H,4,9-10H2. The number of carbonyl (C=O) groups excluding carboxylic acids is 1. The quantitative estimate of drug-likeness (QED) is 0.703. The molecule has 1 aliphatic rings. The van der Waals surface area contributed by atoms with Gasteiger partial charge in [0, 0.05) is 10.6 Å². The number of halogens is 2. The smallest absolute Gasteiger partial charge is 0.174 e. The Morgan fingerprint density at radius 1 is 1.00 bits per heavy atom. The Kier molecular flexibility index (Phi) is 3.57. The number of ketones is 1. The SMILES string of the molecule is O=C(c1cc(Cl)ccc1Cl)C1(c2ccccc2)CCC1. The first-order chi connectivity index (χ1) is 9.63. The van der Waals surface area contributed by atoms with Crippen LogP contribution in [-0.2, 0) is 5.41 Å². The highest BCUT2D eigenvalue weighted by Crippen LogP contribution is 2.47. The molecule has 20 heavy (non-hydrogen) atoms. The summed E-state index contributed by atoms with van der Waals surface area (Å²) in [7, 11) is 0. The third-order valence-corrected chi connectivity index (χ3v) is 4.71. The van der Waals surface area contributed by atoms with E-state index in [9.17, 15) is 4.79 Å². The molecule has 0 radical (unpaired) electrons. The Balaban J connectivity index is 2.06. The van der Waals surface area contributed by atoms with Crippen molar-refractivity contribution in [2.45, 2.75) is 24.7 Å². The molecule has 2 aromatic carbocycles. The molecule has 0 unspecified atom stereocenters. The van der Waals surface area contributed by atoms with Gasteiger partial charge in [-0.05, 0) is 36.6 Å². The van der Waals surface area contributed by atoms with Crippen molar-refractivity contribution in [1.29, 1.82) is 0 Å². The number of rotatable bonds is 3. The van der Waals surface area contributed by atoms with Gasteiger partial charge in [0.15, 0.2) is 5.78 Å². The lowest BCUT2D eigenvalue weighted by Crippen LogP contribution is -2.42. The number of hydrogen-bond donors (Lipinski definition) is 0. The molecule has 1 fully saturated rings. The van der Waals surface area contributed by atoms with Crippen molar-refractivity contribution in [2.24, 2.45) is 0 Å². The molecule has 0 amide bonds. The van der Waals surface area contributed by atoms with E-state index in [1.165, 1.54) is 0 Å². The summed E-state index contributed by atoms with van der Waals surface area (Å²) in [4.78, 5) is 13.0. The molecule has 0 heterocycles. The van der Waals surface area contributed by atoms with E-state index in [4.69, 9.17) is 23.2 Å². The molecule has 102 valence electrons. The number of benzene rings is 2. The van der Waals surface area contributed by atoms with Crippen LogP contribution in [0.4, 0.5) is 0 Å². The predicted octanol–water partition coefficient (Wildman–Crippen LogP) is 5.30. The molecule has 1 nitrogen and oxygen atoms in total. The normalized spacial score (nSPS) is 16.5. The summed E-state index contributed by atoms with van der Waals surface area (Å²) in [6.45, 7) is 0. The second-order valence-electron chi connectivity index (χ2n) is 5.25. The molecule has 0 spiro atoms. The molecule has 0 atom stereocenters. The Bertz CT molecular complexity index is 645. The number of Topliss-reactive ketones (excluding diaryl/α,β-unsaturated/α-hetero) is 1. The fraction of sp³-hybridized carbons (Fsp3) is 0.235. The maximum absolute atomic E-state index is 13.0. The highest BCUT2D eigenvalue weighted by Gasteiger charge is 2.46. The molecule has 0 aromatic heterocycles. The number of carbonyl (C=O) groups is 1. The van der Waals surface area contributed by atoms with E-state index in [0.717, 1.165) is 24.8 Å². The lowest BCUT2D eigenvalue weighted by molar-refractivity contribution is 0.0789. The van der Waals surface area contributed by atoms with E-state index in [1.54, 1.807) is 18.2 Å². The largest absolute Gasteiger partial charge is 0.293 e. The van der Waals surface area contributed by atoms with Gasteiger partial charge in [0.1, 0.15) is 0 Å². The average molecular weight is 305 g/mol. The molecule has 3 rings (SSSR count). The molecule has 0 aliphatic heterocycles. The topological polar surface area (TPSA) is 17.1 Å². The van der Waals surface area contributed by atoms with Crippen molar-refractivity contribution >= 4 is 29.0 Å². The summed E-state index contributed by atoms with van der Waals surface area (Å²) in [5.74, 6) is 0.0856. The van der Waals surface area contributed by atoms with Crippen LogP contribution in [0.2, 0.25) is 10.0 Å². The minimum absolute atomic E-state index is 0.0856. The van der Waals surface area contributed by atoms with Crippen LogP contribution in [0.25, 0.3) is 0 Å². The fourth-order valence-corrected chi connectivity index (χ4v) is 3.24. The maximum atomic E-state index is 13.0. The Morgan fingerprint density at radius 3 is 2.30 bits per heavy atom. The Morgan fingerprint density at radius 2 is 1.70 bits per heavy atom. The van der Waals surface area contributed by atoms with Crippen LogP contribution in [0, 0.1) is 0 Å². The minimum Gasteiger partial charge on any atom is -0.293 e. The van der Waals surface area contributed by atoms with E-state index in [0.29, 0.717) is 15.6 Å². The lowest BCUT2D eigenvalue weighted by Gasteiger charge is -2.41. The van der Waals surface area contributed by atoms with E-state index < -0.39 is 5.41 Å². The van der Waals surface area contributed by atoms with Crippen LogP contribution in [0.5, 0.6) is 0 Å². The van der Waals surface area contributed by atoms with Crippen LogP contribution in [0.3, 0.4) is 0 Å². The van der Waals surface area contributed by atoms with Crippen LogP contribution in [0.15, 0.2) is 48.5 Å². The molecule has 1 aliphatic carbocycles. The van der Waals surface area contributed by atoms with E-state index in [1.807, 2.05) is 30.3 Å². The van der Waals surface area contributed by atoms with Crippen LogP contribution in [0.1, 0.15) is 35.2 Å². The van der Waals surface area contributed by atoms with Crippen molar-refractivity contribution in [2.75, 3.05) is 0 Å². The van der Waals surface area contributed by atoms with Gasteiger partial charge in [0.25, 0.3) is 0 Å². The predicted molar refractivity (Wildman–Crippen MR) is 82.8 cm³/mol. The lowest BCUT2D eigenvalue weighted by atomic mass is 9.61. The van der Waals surface area contributed by atoms with Gasteiger partial charge in [-0.2, -0.15) is 0 Å². The van der Waals surface area contributed by atoms with Crippen LogP contribution < -0.4 is 0 Å². The Labute approximate surface area is 128 Å². The van der Waals surface area contributed by atoms with Gasteiger partial charge >= 0.3 is 0 Å². The van der Waals surface area contributed by atoms with Gasteiger partial charge in [0.2, 0.25) is 0 Å². The summed E-state index contributed by atoms with van der Waals surface area (Å²) in [6, 6.07) is 15.0. The molecular weight excluding hydrogens is 291 g/mol. The van der Waals surface area contributed by atoms with Gasteiger partial charge in [-0.1, -0.05) is 60.0 Å². The van der Waals surface area contributed by atoms with E-state index in [2.05, 4.69) is 0 Å². The summed E-state index contributed by atoms with van der Waals surface area (Å²) in [6.07, 6.45) is 2.82. The average Bonchev–Trinajstić information content (AvgIpc) is 2.41. The van der Waals surface area contributed by atoms with Gasteiger partial charge in [-0.3, -0.25) is 4.79 Å². The third kappa shape index (κ3) is 2.15. The monoisotopic (exact) mass is 304 g/mol. The third-order valence-electron chi connectivity index (χ3n) is 4.14. The molecule has 0 N–H and O–H groups in total. The van der Waals surface area contributed by atoms with Crippen molar-refractivity contribution in [3.8, 4) is 0 Å². The zero-order valence-corrected chi connectivity index (χ0v) is 12.4. The first kappa shape index (κ1) is 13.7. The van der Waals surface area contributed by atoms with Crippen molar-refractivity contribution in [1.82, 2.24) is 0 Å². The fourth-order valence-electron chi connectivity index (χ4n) is 2.86. The van der Waals surface area contributed by atoms with Crippen LogP contribution in [-0.4, -0.2) is 5.78 Å². The molecule has 0 bridgehead atoms. The minimum atomic E-state index is -0.421. The molecule has 2 aromatic rings. The van der Waals surface area contributed by atoms with Crippen molar-refractivity contribution in [3.05, 3.63) is 69.7 Å². The summed E-state index contributed by atoms with van der Waals surface area (Å²) < 4.78 is 0. The zero-order chi connectivity index (χ0) is 14.2. The maximum Gasteiger partial charge on any atom is 0.174 e. The van der Waals surface area contributed by atoms with E-state index in [-0.39, 0.29) is 5.78 Å². The summed E-state index contributed by atoms with van der Waals surface area (Å²) in [5, 5.41) is 1.02. The van der Waals surface area contributed by atoms with E-state index >= 15 is 0 Å². The molecule has 0 saturated heterocycles. The van der Waals surface area contributed by atoms with Crippen molar-refractivity contribution in [3.63, 3.8) is 0 Å².